The quantitative estimate of drug-likeness (QED) is 0.552. The summed E-state index contributed by atoms with van der Waals surface area (Å²) in [6.45, 7) is 6.48. The monoisotopic (exact) mass is 478 g/mol. The van der Waals surface area contributed by atoms with E-state index >= 15 is 0 Å². The molecule has 0 aliphatic carbocycles. The summed E-state index contributed by atoms with van der Waals surface area (Å²) in [5, 5.41) is 6.82. The molecule has 0 aromatic carbocycles. The first kappa shape index (κ1) is 22.7. The topological polar surface area (TPSA) is 119 Å². The fourth-order valence-corrected chi connectivity index (χ4v) is 6.66. The molecule has 0 bridgehead atoms. The highest BCUT2D eigenvalue weighted by Gasteiger charge is 2.35. The van der Waals surface area contributed by atoms with Gasteiger partial charge in [-0.3, -0.25) is 4.79 Å². The van der Waals surface area contributed by atoms with Gasteiger partial charge in [-0.2, -0.15) is 9.29 Å². The highest BCUT2D eigenvalue weighted by atomic mass is 32.2. The van der Waals surface area contributed by atoms with Crippen molar-refractivity contribution in [2.75, 3.05) is 13.1 Å². The second kappa shape index (κ2) is 9.16. The number of nitrogens with zero attached hydrogens (tertiary/aromatic N) is 3. The number of furan rings is 1. The molecular formula is C21H26N4O5S2. The van der Waals surface area contributed by atoms with E-state index in [1.807, 2.05) is 13.8 Å². The Balaban J connectivity index is 1.48. The molecule has 1 atom stereocenters. The van der Waals surface area contributed by atoms with Gasteiger partial charge in [0.1, 0.15) is 5.76 Å². The van der Waals surface area contributed by atoms with Crippen molar-refractivity contribution in [3.05, 3.63) is 41.0 Å². The molecule has 1 amide bonds. The van der Waals surface area contributed by atoms with Crippen LogP contribution in [0.2, 0.25) is 0 Å². The van der Waals surface area contributed by atoms with Gasteiger partial charge in [-0.25, -0.2) is 8.42 Å². The van der Waals surface area contributed by atoms with Crippen molar-refractivity contribution in [3.63, 3.8) is 0 Å². The lowest BCUT2D eigenvalue weighted by Gasteiger charge is -2.31. The lowest BCUT2D eigenvalue weighted by molar-refractivity contribution is -0.126. The van der Waals surface area contributed by atoms with Crippen molar-refractivity contribution in [2.24, 2.45) is 5.92 Å². The summed E-state index contributed by atoms with van der Waals surface area (Å²) in [6.07, 6.45) is 2.81. The van der Waals surface area contributed by atoms with Gasteiger partial charge < -0.3 is 14.3 Å². The Bertz CT molecular complexity index is 1180. The van der Waals surface area contributed by atoms with Gasteiger partial charge in [0.05, 0.1) is 28.5 Å². The number of aromatic nitrogens is 2. The van der Waals surface area contributed by atoms with Gasteiger partial charge >= 0.3 is 0 Å². The van der Waals surface area contributed by atoms with Gasteiger partial charge in [-0.05, 0) is 38.0 Å². The van der Waals surface area contributed by atoms with Gasteiger partial charge in [0.15, 0.2) is 0 Å². The van der Waals surface area contributed by atoms with E-state index in [1.165, 1.54) is 15.6 Å². The van der Waals surface area contributed by atoms with Crippen LogP contribution in [0.4, 0.5) is 0 Å². The van der Waals surface area contributed by atoms with E-state index < -0.39 is 15.9 Å². The Morgan fingerprint density at radius 3 is 2.91 bits per heavy atom. The number of hydrogen-bond donors (Lipinski definition) is 1. The summed E-state index contributed by atoms with van der Waals surface area (Å²) in [5.74, 6) is 1.06. The van der Waals surface area contributed by atoms with Crippen molar-refractivity contribution < 1.29 is 22.2 Å². The summed E-state index contributed by atoms with van der Waals surface area (Å²) in [4.78, 5) is 18.5. The predicted molar refractivity (Wildman–Crippen MR) is 118 cm³/mol. The van der Waals surface area contributed by atoms with Gasteiger partial charge in [0, 0.05) is 23.9 Å². The molecule has 3 aromatic rings. The number of carbonyl (C=O) groups is 1. The average Bonchev–Trinajstić information content (AvgIpc) is 3.52. The molecule has 1 aliphatic heterocycles. The number of nitrogens with one attached hydrogen (secondary N) is 1. The average molecular weight is 479 g/mol. The van der Waals surface area contributed by atoms with Crippen molar-refractivity contribution in [1.82, 2.24) is 19.8 Å². The normalized spacial score (nSPS) is 17.7. The van der Waals surface area contributed by atoms with E-state index in [0.29, 0.717) is 46.6 Å². The van der Waals surface area contributed by atoms with E-state index in [4.69, 9.17) is 8.94 Å². The summed E-state index contributed by atoms with van der Waals surface area (Å²) in [6, 6.07) is 5.14. The summed E-state index contributed by atoms with van der Waals surface area (Å²) in [5.41, 5.74) is 0. The SMILES string of the molecule is Cc1sc(-c2noc(C(C)C)n2)cc1S(=O)(=O)N1CCC[C@@H](C(=O)NCc2ccco2)C1. The van der Waals surface area contributed by atoms with Crippen LogP contribution in [-0.2, 0) is 21.4 Å². The summed E-state index contributed by atoms with van der Waals surface area (Å²) >= 11 is 1.32. The maximum Gasteiger partial charge on any atom is 0.244 e. The van der Waals surface area contributed by atoms with E-state index in [-0.39, 0.29) is 29.8 Å². The molecule has 1 N–H and O–H groups in total. The molecule has 4 rings (SSSR count). The van der Waals surface area contributed by atoms with Crippen molar-refractivity contribution in [1.29, 1.82) is 0 Å². The molecule has 0 unspecified atom stereocenters. The van der Waals surface area contributed by atoms with E-state index in [1.54, 1.807) is 31.4 Å². The molecule has 1 fully saturated rings. The fourth-order valence-electron chi connectivity index (χ4n) is 3.65. The smallest absolute Gasteiger partial charge is 0.244 e. The van der Waals surface area contributed by atoms with Crippen molar-refractivity contribution in [3.8, 4) is 10.7 Å². The minimum atomic E-state index is -3.75. The van der Waals surface area contributed by atoms with Crippen LogP contribution in [0.15, 0.2) is 38.3 Å². The van der Waals surface area contributed by atoms with Crippen LogP contribution in [0.1, 0.15) is 49.1 Å². The molecule has 0 saturated carbocycles. The molecule has 4 heterocycles. The second-order valence-electron chi connectivity index (χ2n) is 8.14. The number of amides is 1. The van der Waals surface area contributed by atoms with Gasteiger partial charge in [0.25, 0.3) is 0 Å². The van der Waals surface area contributed by atoms with Crippen LogP contribution in [-0.4, -0.2) is 41.9 Å². The minimum Gasteiger partial charge on any atom is -0.467 e. The maximum absolute atomic E-state index is 13.4. The molecule has 0 radical (unpaired) electrons. The first-order valence-corrected chi connectivity index (χ1v) is 12.8. The largest absolute Gasteiger partial charge is 0.467 e. The third-order valence-electron chi connectivity index (χ3n) is 5.42. The van der Waals surface area contributed by atoms with Gasteiger partial charge in [-0.15, -0.1) is 11.3 Å². The number of thiophene rings is 1. The van der Waals surface area contributed by atoms with Crippen LogP contribution in [0.25, 0.3) is 10.7 Å². The molecule has 9 nitrogen and oxygen atoms in total. The Hall–Kier alpha value is -2.50. The lowest BCUT2D eigenvalue weighted by atomic mass is 9.99. The van der Waals surface area contributed by atoms with E-state index in [0.717, 1.165) is 0 Å². The highest BCUT2D eigenvalue weighted by molar-refractivity contribution is 7.89. The number of piperidine rings is 1. The minimum absolute atomic E-state index is 0.0877. The first-order valence-electron chi connectivity index (χ1n) is 10.5. The van der Waals surface area contributed by atoms with E-state index in [2.05, 4.69) is 15.5 Å². The molecule has 32 heavy (non-hydrogen) atoms. The fraction of sp³-hybridized carbons (Fsp3) is 0.476. The Morgan fingerprint density at radius 2 is 2.22 bits per heavy atom. The number of aryl methyl sites for hydroxylation is 1. The lowest BCUT2D eigenvalue weighted by Crippen LogP contribution is -2.45. The van der Waals surface area contributed by atoms with Crippen LogP contribution in [0.3, 0.4) is 0 Å². The Kier molecular flexibility index (Phi) is 6.50. The molecule has 3 aromatic heterocycles. The standard InChI is InChI=1S/C21H26N4O5S2/c1-13(2)21-23-19(24-30-21)17-10-18(14(3)31-17)32(27,28)25-8-4-6-15(12-25)20(26)22-11-16-7-5-9-29-16/h5,7,9-10,13,15H,4,6,8,11-12H2,1-3H3,(H,22,26)/t15-/m1/s1. The van der Waals surface area contributed by atoms with Gasteiger partial charge in [0.2, 0.25) is 27.6 Å². The highest BCUT2D eigenvalue weighted by Crippen LogP contribution is 2.35. The van der Waals surface area contributed by atoms with Crippen LogP contribution in [0.5, 0.6) is 0 Å². The molecule has 0 spiro atoms. The molecule has 11 heteroatoms. The molecule has 1 aliphatic rings. The Morgan fingerprint density at radius 1 is 1.41 bits per heavy atom. The molecular weight excluding hydrogens is 452 g/mol. The third kappa shape index (κ3) is 4.64. The van der Waals surface area contributed by atoms with Crippen molar-refractivity contribution in [2.45, 2.75) is 51.0 Å². The summed E-state index contributed by atoms with van der Waals surface area (Å²) in [7, 11) is -3.75. The number of carbonyl (C=O) groups excluding carboxylic acids is 1. The zero-order valence-corrected chi connectivity index (χ0v) is 19.8. The van der Waals surface area contributed by atoms with Crippen LogP contribution < -0.4 is 5.32 Å². The molecule has 1 saturated heterocycles. The second-order valence-corrected chi connectivity index (χ2v) is 11.3. The van der Waals surface area contributed by atoms with Gasteiger partial charge in [-0.1, -0.05) is 19.0 Å². The van der Waals surface area contributed by atoms with Crippen LogP contribution in [0, 0.1) is 12.8 Å². The zero-order chi connectivity index (χ0) is 22.9. The Labute approximate surface area is 190 Å². The summed E-state index contributed by atoms with van der Waals surface area (Å²) < 4.78 is 38.7. The predicted octanol–water partition coefficient (Wildman–Crippen LogP) is 3.54. The number of hydrogen-bond acceptors (Lipinski definition) is 8. The number of rotatable bonds is 7. The van der Waals surface area contributed by atoms with E-state index in [9.17, 15) is 13.2 Å². The molecule has 172 valence electrons. The number of sulfonamides is 1. The van der Waals surface area contributed by atoms with Crippen LogP contribution >= 0.6 is 11.3 Å². The van der Waals surface area contributed by atoms with Crippen molar-refractivity contribution >= 4 is 27.3 Å². The zero-order valence-electron chi connectivity index (χ0n) is 18.2. The maximum atomic E-state index is 13.4. The third-order valence-corrected chi connectivity index (χ3v) is 8.58. The first-order chi connectivity index (χ1) is 15.3.